The molecule has 1 aliphatic heterocycles. The van der Waals surface area contributed by atoms with E-state index in [-0.39, 0.29) is 4.87 Å². The monoisotopic (exact) mass is 281 g/mol. The molecule has 0 aliphatic carbocycles. The number of rotatable bonds is 3. The fourth-order valence-electron chi connectivity index (χ4n) is 2.77. The van der Waals surface area contributed by atoms with E-state index in [1.165, 1.54) is 16.8 Å². The average molecular weight is 281 g/mol. The minimum Gasteiger partial charge on any atom is -0.266 e. The second kappa shape index (κ2) is 5.45. The molecule has 0 amide bonds. The third kappa shape index (κ3) is 2.29. The molecule has 0 unspecified atom stereocenters. The van der Waals surface area contributed by atoms with Crippen LogP contribution in [-0.4, -0.2) is 11.0 Å². The van der Waals surface area contributed by atoms with Gasteiger partial charge in [-0.25, -0.2) is 0 Å². The summed E-state index contributed by atoms with van der Waals surface area (Å²) in [6.45, 7) is 4.49. The maximum Gasteiger partial charge on any atom is 0.132 e. The lowest BCUT2D eigenvalue weighted by molar-refractivity contribution is 0.642. The first-order valence-corrected chi connectivity index (χ1v) is 8.01. The molecular formula is C18H19NS. The number of nitrogens with zero attached hydrogens (tertiary/aromatic N) is 1. The van der Waals surface area contributed by atoms with E-state index in [1.54, 1.807) is 0 Å². The maximum atomic E-state index is 5.14. The highest BCUT2D eigenvalue weighted by molar-refractivity contribution is 8.01. The molecule has 0 N–H and O–H groups in total. The zero-order valence-electron chi connectivity index (χ0n) is 11.9. The standard InChI is InChI=1S/C18H19NS/c1-3-18(16-12-8-5-9-13-16)19-17(14(2)20-18)15-10-6-4-7-11-15/h4-14H,3H2,1-2H3/t14-,18-/m0/s1. The van der Waals surface area contributed by atoms with E-state index in [4.69, 9.17) is 4.99 Å². The van der Waals surface area contributed by atoms with E-state index in [0.717, 1.165) is 6.42 Å². The van der Waals surface area contributed by atoms with Gasteiger partial charge in [0.1, 0.15) is 4.87 Å². The predicted octanol–water partition coefficient (Wildman–Crippen LogP) is 4.87. The number of hydrogen-bond acceptors (Lipinski definition) is 2. The van der Waals surface area contributed by atoms with Gasteiger partial charge in [-0.3, -0.25) is 4.99 Å². The summed E-state index contributed by atoms with van der Waals surface area (Å²) < 4.78 is 0. The van der Waals surface area contributed by atoms with Crippen molar-refractivity contribution in [1.82, 2.24) is 0 Å². The molecule has 0 fully saturated rings. The van der Waals surface area contributed by atoms with Crippen molar-refractivity contribution < 1.29 is 0 Å². The Labute approximate surface area is 125 Å². The van der Waals surface area contributed by atoms with Gasteiger partial charge in [-0.05, 0) is 24.5 Å². The molecule has 0 bridgehead atoms. The molecule has 3 rings (SSSR count). The van der Waals surface area contributed by atoms with E-state index in [9.17, 15) is 0 Å². The van der Waals surface area contributed by atoms with Crippen molar-refractivity contribution in [2.45, 2.75) is 30.4 Å². The molecule has 2 heteroatoms. The van der Waals surface area contributed by atoms with Crippen molar-refractivity contribution in [3.8, 4) is 0 Å². The van der Waals surface area contributed by atoms with Gasteiger partial charge in [0.2, 0.25) is 0 Å². The highest BCUT2D eigenvalue weighted by Crippen LogP contribution is 2.49. The summed E-state index contributed by atoms with van der Waals surface area (Å²) >= 11 is 1.97. The molecule has 0 radical (unpaired) electrons. The molecule has 0 saturated heterocycles. The summed E-state index contributed by atoms with van der Waals surface area (Å²) in [7, 11) is 0. The van der Waals surface area contributed by atoms with E-state index in [1.807, 2.05) is 11.8 Å². The maximum absolute atomic E-state index is 5.14. The Morgan fingerprint density at radius 1 is 1.00 bits per heavy atom. The highest BCUT2D eigenvalue weighted by Gasteiger charge is 2.39. The highest BCUT2D eigenvalue weighted by atomic mass is 32.2. The minimum absolute atomic E-state index is 0.119. The topological polar surface area (TPSA) is 12.4 Å². The van der Waals surface area contributed by atoms with Crippen LogP contribution in [0.1, 0.15) is 31.4 Å². The van der Waals surface area contributed by atoms with Crippen LogP contribution in [0.2, 0.25) is 0 Å². The lowest BCUT2D eigenvalue weighted by atomic mass is 10.0. The van der Waals surface area contributed by atoms with Crippen molar-refractivity contribution in [3.63, 3.8) is 0 Å². The van der Waals surface area contributed by atoms with E-state index >= 15 is 0 Å². The van der Waals surface area contributed by atoms with Crippen LogP contribution in [0.3, 0.4) is 0 Å². The van der Waals surface area contributed by atoms with Gasteiger partial charge in [0.15, 0.2) is 0 Å². The third-order valence-electron chi connectivity index (χ3n) is 3.83. The van der Waals surface area contributed by atoms with Gasteiger partial charge in [-0.1, -0.05) is 67.6 Å². The van der Waals surface area contributed by atoms with Crippen LogP contribution in [0, 0.1) is 0 Å². The molecule has 0 saturated carbocycles. The van der Waals surface area contributed by atoms with Gasteiger partial charge in [0.05, 0.1) is 5.71 Å². The molecule has 20 heavy (non-hydrogen) atoms. The average Bonchev–Trinajstić information content (AvgIpc) is 2.87. The molecule has 1 nitrogen and oxygen atoms in total. The van der Waals surface area contributed by atoms with Gasteiger partial charge in [-0.2, -0.15) is 0 Å². The lowest BCUT2D eigenvalue weighted by Crippen LogP contribution is -2.15. The Bertz CT molecular complexity index is 606. The van der Waals surface area contributed by atoms with Gasteiger partial charge in [0, 0.05) is 5.25 Å². The Kier molecular flexibility index (Phi) is 3.66. The van der Waals surface area contributed by atoms with E-state index in [2.05, 4.69) is 74.5 Å². The summed E-state index contributed by atoms with van der Waals surface area (Å²) in [5.41, 5.74) is 3.78. The second-order valence-corrected chi connectivity index (χ2v) is 6.75. The SMILES string of the molecule is CC[C@]1(c2ccccc2)N=C(c2ccccc2)[C@H](C)S1. The fraction of sp³-hybridized carbons (Fsp3) is 0.278. The molecule has 2 aromatic rings. The number of thioether (sulfide) groups is 1. The predicted molar refractivity (Wildman–Crippen MR) is 88.4 cm³/mol. The summed E-state index contributed by atoms with van der Waals surface area (Å²) in [4.78, 5) is 5.02. The van der Waals surface area contributed by atoms with Gasteiger partial charge < -0.3 is 0 Å². The Morgan fingerprint density at radius 2 is 1.60 bits per heavy atom. The quantitative estimate of drug-likeness (QED) is 0.781. The molecule has 1 aliphatic rings. The van der Waals surface area contributed by atoms with Crippen LogP contribution in [-0.2, 0) is 4.87 Å². The van der Waals surface area contributed by atoms with Crippen LogP contribution in [0.15, 0.2) is 65.7 Å². The van der Waals surface area contributed by atoms with E-state index < -0.39 is 0 Å². The van der Waals surface area contributed by atoms with Crippen molar-refractivity contribution in [3.05, 3.63) is 71.8 Å². The van der Waals surface area contributed by atoms with Crippen molar-refractivity contribution in [2.75, 3.05) is 0 Å². The number of aliphatic imine (C=N–C) groups is 1. The van der Waals surface area contributed by atoms with Crippen LogP contribution < -0.4 is 0 Å². The Morgan fingerprint density at radius 3 is 2.20 bits per heavy atom. The largest absolute Gasteiger partial charge is 0.266 e. The number of benzene rings is 2. The zero-order valence-corrected chi connectivity index (χ0v) is 12.7. The molecular weight excluding hydrogens is 262 g/mol. The normalized spacial score (nSPS) is 25.5. The first kappa shape index (κ1) is 13.4. The zero-order chi connectivity index (χ0) is 14.0. The van der Waals surface area contributed by atoms with Gasteiger partial charge in [-0.15, -0.1) is 11.8 Å². The molecule has 102 valence electrons. The molecule has 0 aromatic heterocycles. The fourth-order valence-corrected chi connectivity index (χ4v) is 4.24. The summed E-state index contributed by atoms with van der Waals surface area (Å²) in [6, 6.07) is 21.2. The Balaban J connectivity index is 2.06. The van der Waals surface area contributed by atoms with Crippen molar-refractivity contribution in [1.29, 1.82) is 0 Å². The summed E-state index contributed by atoms with van der Waals surface area (Å²) in [5.74, 6) is 0. The van der Waals surface area contributed by atoms with Gasteiger partial charge >= 0.3 is 0 Å². The lowest BCUT2D eigenvalue weighted by Gasteiger charge is -2.24. The smallest absolute Gasteiger partial charge is 0.132 e. The van der Waals surface area contributed by atoms with Crippen LogP contribution in [0.5, 0.6) is 0 Å². The second-order valence-electron chi connectivity index (χ2n) is 5.13. The van der Waals surface area contributed by atoms with E-state index in [0.29, 0.717) is 5.25 Å². The number of hydrogen-bond donors (Lipinski definition) is 0. The van der Waals surface area contributed by atoms with Crippen LogP contribution in [0.25, 0.3) is 0 Å². The van der Waals surface area contributed by atoms with Crippen molar-refractivity contribution >= 4 is 17.5 Å². The molecule has 2 aromatic carbocycles. The first-order chi connectivity index (χ1) is 9.75. The van der Waals surface area contributed by atoms with Gasteiger partial charge in [0.25, 0.3) is 0 Å². The third-order valence-corrected chi connectivity index (χ3v) is 5.41. The summed E-state index contributed by atoms with van der Waals surface area (Å²) in [5, 5.41) is 0.428. The first-order valence-electron chi connectivity index (χ1n) is 7.14. The molecule has 1 heterocycles. The molecule has 2 atom stereocenters. The Hall–Kier alpha value is -1.54. The van der Waals surface area contributed by atoms with Crippen LogP contribution >= 0.6 is 11.8 Å². The minimum atomic E-state index is -0.119. The molecule has 0 spiro atoms. The van der Waals surface area contributed by atoms with Crippen molar-refractivity contribution in [2.24, 2.45) is 4.99 Å². The summed E-state index contributed by atoms with van der Waals surface area (Å²) in [6.07, 6.45) is 1.02. The van der Waals surface area contributed by atoms with Crippen LogP contribution in [0.4, 0.5) is 0 Å².